The van der Waals surface area contributed by atoms with Crippen LogP contribution in [0.1, 0.15) is 49.9 Å². The van der Waals surface area contributed by atoms with Crippen molar-refractivity contribution in [3.63, 3.8) is 0 Å². The monoisotopic (exact) mass is 1170 g/mol. The third kappa shape index (κ3) is 7.71. The van der Waals surface area contributed by atoms with Crippen molar-refractivity contribution in [1.82, 2.24) is 0 Å². The number of furan rings is 3. The van der Waals surface area contributed by atoms with Gasteiger partial charge in [-0.2, -0.15) is 0 Å². The maximum Gasteiger partial charge on any atom is 0.137 e. The van der Waals surface area contributed by atoms with Crippen molar-refractivity contribution in [2.24, 2.45) is 0 Å². The summed E-state index contributed by atoms with van der Waals surface area (Å²) in [6, 6.07) is 102. The molecule has 0 atom stereocenters. The fraction of sp³-hybridized carbons (Fsp3) is 0.0698. The highest BCUT2D eigenvalue weighted by atomic mass is 16.3. The number of fused-ring (bicyclic) bond motifs is 17. The van der Waals surface area contributed by atoms with Crippen LogP contribution >= 0.6 is 0 Å². The van der Waals surface area contributed by atoms with E-state index in [0.717, 1.165) is 99.9 Å². The molecule has 0 saturated carbocycles. The van der Waals surface area contributed by atoms with Crippen LogP contribution in [0.25, 0.3) is 132 Å². The molecular weight excluding hydrogens is 1110 g/mol. The van der Waals surface area contributed by atoms with Gasteiger partial charge in [0.25, 0.3) is 0 Å². The second-order valence-corrected chi connectivity index (χ2v) is 26.0. The van der Waals surface area contributed by atoms with Crippen LogP contribution in [0.3, 0.4) is 0 Å². The molecule has 14 aromatic carbocycles. The van der Waals surface area contributed by atoms with Gasteiger partial charge in [0, 0.05) is 78.0 Å². The van der Waals surface area contributed by atoms with Gasteiger partial charge >= 0.3 is 0 Å². The number of hydrogen-bond acceptors (Lipinski definition) is 5. The normalized spacial score (nSPS) is 13.7. The van der Waals surface area contributed by atoms with E-state index in [9.17, 15) is 0 Å². The first-order valence-electron chi connectivity index (χ1n) is 31.5. The minimum atomic E-state index is -0.244. The van der Waals surface area contributed by atoms with Crippen molar-refractivity contribution in [3.8, 4) is 44.5 Å². The van der Waals surface area contributed by atoms with E-state index < -0.39 is 0 Å². The number of rotatable bonds is 8. The molecule has 17 aromatic rings. The third-order valence-electron chi connectivity index (χ3n) is 20.2. The van der Waals surface area contributed by atoms with Gasteiger partial charge in [-0.1, -0.05) is 198 Å². The zero-order valence-corrected chi connectivity index (χ0v) is 50.7. The number of hydrogen-bond donors (Lipinski definition) is 0. The highest BCUT2D eigenvalue weighted by molar-refractivity contribution is 6.19. The summed E-state index contributed by atoms with van der Waals surface area (Å²) in [6.45, 7) is 9.44. The molecule has 0 amide bonds. The average Bonchev–Trinajstić information content (AvgIpc) is 1.65. The van der Waals surface area contributed by atoms with E-state index in [1.54, 1.807) is 0 Å². The van der Waals surface area contributed by atoms with Crippen molar-refractivity contribution < 1.29 is 13.3 Å². The molecule has 5 nitrogen and oxygen atoms in total. The predicted molar refractivity (Wildman–Crippen MR) is 379 cm³/mol. The summed E-state index contributed by atoms with van der Waals surface area (Å²) in [4.78, 5) is 4.83. The summed E-state index contributed by atoms with van der Waals surface area (Å²) in [6.07, 6.45) is 0. The Kier molecular flexibility index (Phi) is 10.8. The Labute approximate surface area is 525 Å². The smallest absolute Gasteiger partial charge is 0.137 e. The van der Waals surface area contributed by atoms with Gasteiger partial charge in [-0.3, -0.25) is 0 Å². The molecule has 0 radical (unpaired) electrons. The Hall–Kier alpha value is -11.4. The van der Waals surface area contributed by atoms with Crippen LogP contribution in [0.4, 0.5) is 34.1 Å². The van der Waals surface area contributed by atoms with Crippen LogP contribution in [-0.4, -0.2) is 0 Å². The first-order chi connectivity index (χ1) is 44.6. The van der Waals surface area contributed by atoms with Crippen molar-refractivity contribution in [2.75, 3.05) is 9.80 Å². The van der Waals surface area contributed by atoms with Crippen molar-refractivity contribution in [3.05, 3.63) is 301 Å². The highest BCUT2D eigenvalue weighted by Crippen LogP contribution is 2.57. The molecule has 2 aliphatic rings. The Morgan fingerprint density at radius 1 is 0.242 bits per heavy atom. The molecule has 91 heavy (non-hydrogen) atoms. The number of benzene rings is 14. The molecule has 0 N–H and O–H groups in total. The molecule has 0 aliphatic heterocycles. The van der Waals surface area contributed by atoms with E-state index in [4.69, 9.17) is 13.3 Å². The van der Waals surface area contributed by atoms with Gasteiger partial charge in [-0.25, -0.2) is 0 Å². The van der Waals surface area contributed by atoms with Crippen molar-refractivity contribution >= 4 is 121 Å². The molecule has 0 unspecified atom stereocenters. The predicted octanol–water partition coefficient (Wildman–Crippen LogP) is 24.6. The van der Waals surface area contributed by atoms with E-state index >= 15 is 0 Å². The van der Waals surface area contributed by atoms with Crippen LogP contribution < -0.4 is 9.80 Å². The van der Waals surface area contributed by atoms with Crippen molar-refractivity contribution in [1.29, 1.82) is 0 Å². The molecule has 3 aromatic heterocycles. The highest BCUT2D eigenvalue weighted by Gasteiger charge is 2.40. The fourth-order valence-electron chi connectivity index (χ4n) is 15.8. The quantitative estimate of drug-likeness (QED) is 0.152. The van der Waals surface area contributed by atoms with Crippen LogP contribution in [0, 0.1) is 0 Å². The Morgan fingerprint density at radius 2 is 0.571 bits per heavy atom. The largest absolute Gasteiger partial charge is 0.456 e. The van der Waals surface area contributed by atoms with Crippen LogP contribution in [0.5, 0.6) is 0 Å². The van der Waals surface area contributed by atoms with Gasteiger partial charge in [0.15, 0.2) is 0 Å². The van der Waals surface area contributed by atoms with Gasteiger partial charge in [0.05, 0.1) is 11.4 Å². The standard InChI is InChI=1S/C86H58N2O3/c1-85(2)73-23-11-9-19-63(73)67-21-13-25-75(83(67)85)87(59-35-31-53(32-36-59)57-29-27-51-15-5-7-17-55(51)43-57)61-39-41-65-69-47-81-71(49-79(69)89-77(65)45-61)72-50-80-70(48-82(72)91-81)66-42-40-62(46-78(66)90-80)88(76-26-14-22-68-64-20-10-12-24-74(64)86(3,4)84(68)76)60-37-33-54(34-38-60)58-30-28-52-16-6-8-18-56(52)44-58/h5-50H,1-4H3. The number of nitrogens with zero attached hydrogens (tertiary/aromatic N) is 2. The lowest BCUT2D eigenvalue weighted by atomic mass is 9.81. The summed E-state index contributed by atoms with van der Waals surface area (Å²) in [5, 5.41) is 10.9. The van der Waals surface area contributed by atoms with Gasteiger partial charge in [0.1, 0.15) is 33.5 Å². The van der Waals surface area contributed by atoms with Gasteiger partial charge in [-0.15, -0.1) is 0 Å². The van der Waals surface area contributed by atoms with Crippen LogP contribution in [0.15, 0.2) is 292 Å². The second-order valence-electron chi connectivity index (χ2n) is 26.0. The molecule has 430 valence electrons. The van der Waals surface area contributed by atoms with Crippen molar-refractivity contribution in [2.45, 2.75) is 38.5 Å². The van der Waals surface area contributed by atoms with E-state index in [1.165, 1.54) is 88.3 Å². The molecule has 0 bridgehead atoms. The van der Waals surface area contributed by atoms with Crippen LogP contribution in [0.2, 0.25) is 0 Å². The molecular formula is C86H58N2O3. The third-order valence-corrected chi connectivity index (χ3v) is 20.2. The lowest BCUT2D eigenvalue weighted by molar-refractivity contribution is 0.660. The summed E-state index contributed by atoms with van der Waals surface area (Å²) < 4.78 is 20.8. The van der Waals surface area contributed by atoms with Gasteiger partial charge < -0.3 is 23.1 Å². The summed E-state index contributed by atoms with van der Waals surface area (Å²) in [7, 11) is 0. The fourth-order valence-corrected chi connectivity index (χ4v) is 15.8. The second kappa shape index (κ2) is 19.1. The first kappa shape index (κ1) is 51.6. The van der Waals surface area contributed by atoms with E-state index in [0.29, 0.717) is 0 Å². The van der Waals surface area contributed by atoms with E-state index in [2.05, 4.69) is 317 Å². The Bertz CT molecular complexity index is 5550. The molecule has 0 fully saturated rings. The summed E-state index contributed by atoms with van der Waals surface area (Å²) >= 11 is 0. The minimum absolute atomic E-state index is 0.244. The first-order valence-corrected chi connectivity index (χ1v) is 31.5. The Morgan fingerprint density at radius 3 is 0.989 bits per heavy atom. The van der Waals surface area contributed by atoms with E-state index in [1.807, 2.05) is 0 Å². The SMILES string of the molecule is CC1(C)c2ccccc2-c2cccc(N(c3ccc(-c4ccc5ccccc5c4)cc3)c3ccc4c(c3)oc3cc5c(cc34)oc3cc4c(cc35)oc3cc(N(c5ccc(-c6ccc7ccccc7c6)cc5)c5cccc6c5C(C)(C)c5ccccc5-6)ccc34)c21. The zero-order valence-electron chi connectivity index (χ0n) is 50.7. The molecule has 5 heteroatoms. The van der Waals surface area contributed by atoms with Gasteiger partial charge in [0.2, 0.25) is 0 Å². The maximum absolute atomic E-state index is 6.99. The molecule has 0 spiro atoms. The molecule has 19 rings (SSSR count). The lowest BCUT2D eigenvalue weighted by Crippen LogP contribution is -2.20. The molecule has 3 heterocycles. The zero-order chi connectivity index (χ0) is 60.4. The topological polar surface area (TPSA) is 45.9 Å². The Balaban J connectivity index is 0.711. The molecule has 0 saturated heterocycles. The summed E-state index contributed by atoms with van der Waals surface area (Å²) in [5.41, 5.74) is 25.8. The van der Waals surface area contributed by atoms with E-state index in [-0.39, 0.29) is 10.8 Å². The lowest BCUT2D eigenvalue weighted by Gasteiger charge is -2.32. The maximum atomic E-state index is 6.99. The molecule has 2 aliphatic carbocycles. The summed E-state index contributed by atoms with van der Waals surface area (Å²) in [5.74, 6) is 0. The van der Waals surface area contributed by atoms with Gasteiger partial charge in [-0.05, 0) is 185 Å². The average molecular weight is 1170 g/mol. The minimum Gasteiger partial charge on any atom is -0.456 e. The van der Waals surface area contributed by atoms with Crippen LogP contribution in [-0.2, 0) is 10.8 Å². The number of anilines is 6.